The van der Waals surface area contributed by atoms with Crippen LogP contribution in [0.5, 0.6) is 5.75 Å². The molecule has 1 N–H and O–H groups in total. The fraction of sp³-hybridized carbons (Fsp3) is 0.333. The Hall–Kier alpha value is -1.48. The molecule has 1 atom stereocenters. The summed E-state index contributed by atoms with van der Waals surface area (Å²) in [5.74, 6) is 0.913. The molecule has 112 valence electrons. The van der Waals surface area contributed by atoms with E-state index < -0.39 is 0 Å². The Balaban J connectivity index is 1.90. The first kappa shape index (κ1) is 15.9. The van der Waals surface area contributed by atoms with Gasteiger partial charge in [-0.2, -0.15) is 0 Å². The maximum Gasteiger partial charge on any atom is 0.119 e. The molecular formula is C18H22BrNO. The Morgan fingerprint density at radius 2 is 1.57 bits per heavy atom. The first-order chi connectivity index (χ1) is 10.0. The smallest absolute Gasteiger partial charge is 0.119 e. The van der Waals surface area contributed by atoms with E-state index in [1.165, 1.54) is 5.56 Å². The van der Waals surface area contributed by atoms with Gasteiger partial charge in [-0.3, -0.25) is 0 Å². The van der Waals surface area contributed by atoms with Crippen LogP contribution in [0.15, 0.2) is 53.0 Å². The van der Waals surface area contributed by atoms with Crippen molar-refractivity contribution in [3.05, 3.63) is 58.6 Å². The first-order valence-electron chi connectivity index (χ1n) is 7.30. The van der Waals surface area contributed by atoms with Gasteiger partial charge in [-0.15, -0.1) is 0 Å². The minimum Gasteiger partial charge on any atom is -0.491 e. The summed E-state index contributed by atoms with van der Waals surface area (Å²) in [7, 11) is 0. The van der Waals surface area contributed by atoms with Crippen molar-refractivity contribution in [2.24, 2.45) is 0 Å². The van der Waals surface area contributed by atoms with Crippen molar-refractivity contribution in [1.29, 1.82) is 0 Å². The minimum absolute atomic E-state index is 0.208. The van der Waals surface area contributed by atoms with Crippen LogP contribution in [-0.2, 0) is 6.42 Å². The van der Waals surface area contributed by atoms with Gasteiger partial charge < -0.3 is 10.1 Å². The number of hydrogen-bond acceptors (Lipinski definition) is 2. The van der Waals surface area contributed by atoms with E-state index in [-0.39, 0.29) is 6.10 Å². The minimum atomic E-state index is 0.208. The van der Waals surface area contributed by atoms with E-state index in [1.807, 2.05) is 26.0 Å². The molecule has 0 saturated carbocycles. The van der Waals surface area contributed by atoms with Crippen LogP contribution in [0.4, 0.5) is 5.69 Å². The zero-order chi connectivity index (χ0) is 15.2. The van der Waals surface area contributed by atoms with Crippen molar-refractivity contribution in [3.8, 4) is 5.75 Å². The molecule has 2 aromatic carbocycles. The highest BCUT2D eigenvalue weighted by atomic mass is 79.9. The summed E-state index contributed by atoms with van der Waals surface area (Å²) in [6.07, 6.45) is 1.21. The van der Waals surface area contributed by atoms with Gasteiger partial charge in [0, 0.05) is 16.2 Å². The lowest BCUT2D eigenvalue weighted by atomic mass is 10.1. The van der Waals surface area contributed by atoms with Crippen LogP contribution in [0.2, 0.25) is 0 Å². The van der Waals surface area contributed by atoms with E-state index in [0.717, 1.165) is 22.3 Å². The number of benzene rings is 2. The monoisotopic (exact) mass is 347 g/mol. The molecule has 0 aromatic heterocycles. The molecular weight excluding hydrogens is 326 g/mol. The van der Waals surface area contributed by atoms with Gasteiger partial charge in [-0.25, -0.2) is 0 Å². The second-order valence-electron chi connectivity index (χ2n) is 5.57. The summed E-state index contributed by atoms with van der Waals surface area (Å²) in [5, 5.41) is 3.52. The van der Waals surface area contributed by atoms with Crippen LogP contribution in [-0.4, -0.2) is 12.1 Å². The van der Waals surface area contributed by atoms with Crippen LogP contribution in [0, 0.1) is 0 Å². The van der Waals surface area contributed by atoms with Crippen molar-refractivity contribution >= 4 is 21.6 Å². The van der Waals surface area contributed by atoms with Gasteiger partial charge in [-0.1, -0.05) is 28.1 Å². The Labute approximate surface area is 135 Å². The van der Waals surface area contributed by atoms with Crippen LogP contribution in [0.25, 0.3) is 0 Å². The van der Waals surface area contributed by atoms with Gasteiger partial charge in [0.25, 0.3) is 0 Å². The Bertz CT molecular complexity index is 548. The number of ether oxygens (including phenoxy) is 1. The van der Waals surface area contributed by atoms with E-state index in [4.69, 9.17) is 4.74 Å². The Morgan fingerprint density at radius 1 is 0.952 bits per heavy atom. The number of nitrogens with one attached hydrogen (secondary N) is 1. The summed E-state index contributed by atoms with van der Waals surface area (Å²) in [4.78, 5) is 0. The zero-order valence-electron chi connectivity index (χ0n) is 12.8. The topological polar surface area (TPSA) is 21.3 Å². The molecule has 3 heteroatoms. The molecule has 2 nitrogen and oxygen atoms in total. The predicted octanol–water partition coefficient (Wildman–Crippen LogP) is 5.28. The molecule has 0 aliphatic carbocycles. The maximum atomic E-state index is 5.65. The third kappa shape index (κ3) is 5.43. The molecule has 2 rings (SSSR count). The summed E-state index contributed by atoms with van der Waals surface area (Å²) >= 11 is 3.46. The fourth-order valence-corrected chi connectivity index (χ4v) is 2.48. The number of halogens is 1. The van der Waals surface area contributed by atoms with Crippen LogP contribution in [0.3, 0.4) is 0 Å². The Morgan fingerprint density at radius 3 is 2.14 bits per heavy atom. The molecule has 0 aliphatic heterocycles. The van der Waals surface area contributed by atoms with Crippen molar-refractivity contribution < 1.29 is 4.74 Å². The highest BCUT2D eigenvalue weighted by Gasteiger charge is 2.04. The average molecular weight is 348 g/mol. The predicted molar refractivity (Wildman–Crippen MR) is 93.1 cm³/mol. The standard InChI is InChI=1S/C18H22BrNO/c1-13(2)21-18-10-8-17(9-11-18)20-14(3)12-15-4-6-16(19)7-5-15/h4-11,13-14,20H,12H2,1-3H3. The largest absolute Gasteiger partial charge is 0.491 e. The lowest BCUT2D eigenvalue weighted by molar-refractivity contribution is 0.242. The van der Waals surface area contributed by atoms with Crippen molar-refractivity contribution in [2.75, 3.05) is 5.32 Å². The van der Waals surface area contributed by atoms with E-state index >= 15 is 0 Å². The second kappa shape index (κ2) is 7.51. The van der Waals surface area contributed by atoms with E-state index in [2.05, 4.69) is 64.6 Å². The van der Waals surface area contributed by atoms with Crippen LogP contribution in [0.1, 0.15) is 26.3 Å². The van der Waals surface area contributed by atoms with Crippen LogP contribution >= 0.6 is 15.9 Å². The summed E-state index contributed by atoms with van der Waals surface area (Å²) in [6.45, 7) is 6.26. The maximum absolute atomic E-state index is 5.65. The summed E-state index contributed by atoms with van der Waals surface area (Å²) in [6, 6.07) is 17.0. The highest BCUT2D eigenvalue weighted by molar-refractivity contribution is 9.10. The molecule has 0 heterocycles. The quantitative estimate of drug-likeness (QED) is 0.767. The van der Waals surface area contributed by atoms with Gasteiger partial charge in [-0.05, 0) is 69.2 Å². The molecule has 1 unspecified atom stereocenters. The molecule has 0 fully saturated rings. The van der Waals surface area contributed by atoms with E-state index in [9.17, 15) is 0 Å². The molecule has 0 amide bonds. The van der Waals surface area contributed by atoms with Gasteiger partial charge in [0.15, 0.2) is 0 Å². The molecule has 0 aliphatic rings. The number of hydrogen-bond donors (Lipinski definition) is 1. The lowest BCUT2D eigenvalue weighted by Crippen LogP contribution is -2.18. The third-order valence-corrected chi connectivity index (χ3v) is 3.62. The lowest BCUT2D eigenvalue weighted by Gasteiger charge is -2.16. The number of anilines is 1. The zero-order valence-corrected chi connectivity index (χ0v) is 14.4. The fourth-order valence-electron chi connectivity index (χ4n) is 2.21. The van der Waals surface area contributed by atoms with Gasteiger partial charge in [0.05, 0.1) is 6.10 Å². The Kier molecular flexibility index (Phi) is 5.68. The molecule has 0 spiro atoms. The van der Waals surface area contributed by atoms with Crippen molar-refractivity contribution in [2.45, 2.75) is 39.3 Å². The van der Waals surface area contributed by atoms with Gasteiger partial charge in [0.1, 0.15) is 5.75 Å². The van der Waals surface area contributed by atoms with E-state index in [1.54, 1.807) is 0 Å². The van der Waals surface area contributed by atoms with Crippen molar-refractivity contribution in [1.82, 2.24) is 0 Å². The molecule has 0 radical (unpaired) electrons. The third-order valence-electron chi connectivity index (χ3n) is 3.09. The van der Waals surface area contributed by atoms with Crippen molar-refractivity contribution in [3.63, 3.8) is 0 Å². The first-order valence-corrected chi connectivity index (χ1v) is 8.10. The number of rotatable bonds is 6. The normalized spacial score (nSPS) is 12.2. The SMILES string of the molecule is CC(Cc1ccc(Br)cc1)Nc1ccc(OC(C)C)cc1. The average Bonchev–Trinajstić information content (AvgIpc) is 2.43. The molecule has 0 bridgehead atoms. The van der Waals surface area contributed by atoms with E-state index in [0.29, 0.717) is 6.04 Å². The highest BCUT2D eigenvalue weighted by Crippen LogP contribution is 2.18. The summed E-state index contributed by atoms with van der Waals surface area (Å²) < 4.78 is 6.77. The summed E-state index contributed by atoms with van der Waals surface area (Å²) in [5.41, 5.74) is 2.45. The van der Waals surface area contributed by atoms with Crippen LogP contribution < -0.4 is 10.1 Å². The molecule has 21 heavy (non-hydrogen) atoms. The molecule has 0 saturated heterocycles. The molecule has 2 aromatic rings. The second-order valence-corrected chi connectivity index (χ2v) is 6.48. The van der Waals surface area contributed by atoms with Gasteiger partial charge in [0.2, 0.25) is 0 Å². The van der Waals surface area contributed by atoms with Gasteiger partial charge >= 0.3 is 0 Å².